The van der Waals surface area contributed by atoms with Crippen LogP contribution in [0, 0.1) is 5.82 Å². The van der Waals surface area contributed by atoms with E-state index >= 15 is 0 Å². The van der Waals surface area contributed by atoms with Crippen LogP contribution in [0.15, 0.2) is 48.8 Å². The van der Waals surface area contributed by atoms with Gasteiger partial charge in [-0.3, -0.25) is 4.68 Å². The number of aliphatic hydroxyl groups is 2. The van der Waals surface area contributed by atoms with Crippen LogP contribution in [0.3, 0.4) is 0 Å². The lowest BCUT2D eigenvalue weighted by Gasteiger charge is -2.35. The Labute approximate surface area is 182 Å². The number of benzene rings is 2. The highest BCUT2D eigenvalue weighted by atomic mass is 19.4. The summed E-state index contributed by atoms with van der Waals surface area (Å²) < 4.78 is 58.6. The van der Waals surface area contributed by atoms with Gasteiger partial charge in [-0.15, -0.1) is 0 Å². The van der Waals surface area contributed by atoms with E-state index < -0.39 is 28.7 Å². The predicted octanol–water partition coefficient (Wildman–Crippen LogP) is 5.12. The number of hydrogen-bond acceptors (Lipinski definition) is 3. The Morgan fingerprint density at radius 2 is 1.72 bits per heavy atom. The Morgan fingerprint density at radius 1 is 1.00 bits per heavy atom. The van der Waals surface area contributed by atoms with Gasteiger partial charge < -0.3 is 10.2 Å². The first kappa shape index (κ1) is 21.2. The Kier molecular flexibility index (Phi) is 4.73. The number of aliphatic hydroxyl groups excluding tert-OH is 1. The minimum Gasteiger partial charge on any atom is -0.394 e. The van der Waals surface area contributed by atoms with Crippen LogP contribution < -0.4 is 0 Å². The number of nitrogens with zero attached hydrogens (tertiary/aromatic N) is 2. The van der Waals surface area contributed by atoms with E-state index in [0.717, 1.165) is 38.2 Å². The molecule has 5 rings (SSSR count). The monoisotopic (exact) mass is 446 g/mol. The molecule has 3 aromatic rings. The molecule has 0 aliphatic heterocycles. The van der Waals surface area contributed by atoms with E-state index in [1.54, 1.807) is 16.9 Å². The van der Waals surface area contributed by atoms with Gasteiger partial charge >= 0.3 is 6.18 Å². The van der Waals surface area contributed by atoms with Crippen molar-refractivity contribution in [3.8, 4) is 22.3 Å². The third-order valence-corrected chi connectivity index (χ3v) is 6.95. The number of aromatic nitrogens is 2. The molecule has 1 heterocycles. The second-order valence-corrected chi connectivity index (χ2v) is 8.75. The second-order valence-electron chi connectivity index (χ2n) is 8.75. The maximum atomic E-state index is 14.6. The predicted molar refractivity (Wildman–Crippen MR) is 110 cm³/mol. The molecule has 0 saturated heterocycles. The molecule has 0 amide bonds. The fraction of sp³-hybridized carbons (Fsp3) is 0.375. The SMILES string of the molecule is OCC1(n2cc(-c3cc(F)cc4c3-c3ccccc3[C@]4(O)C(F)(F)F)cn2)CCCCC1. The van der Waals surface area contributed by atoms with Crippen molar-refractivity contribution < 1.29 is 27.8 Å². The topological polar surface area (TPSA) is 58.3 Å². The average molecular weight is 446 g/mol. The number of alkyl halides is 3. The van der Waals surface area contributed by atoms with Gasteiger partial charge in [-0.25, -0.2) is 4.39 Å². The summed E-state index contributed by atoms with van der Waals surface area (Å²) in [6, 6.07) is 7.66. The second kappa shape index (κ2) is 7.15. The quantitative estimate of drug-likeness (QED) is 0.549. The zero-order valence-corrected chi connectivity index (χ0v) is 17.2. The van der Waals surface area contributed by atoms with Crippen molar-refractivity contribution in [2.24, 2.45) is 0 Å². The van der Waals surface area contributed by atoms with E-state index in [0.29, 0.717) is 5.56 Å². The molecule has 1 fully saturated rings. The first-order valence-corrected chi connectivity index (χ1v) is 10.6. The lowest BCUT2D eigenvalue weighted by atomic mass is 9.82. The normalized spacial score (nSPS) is 21.9. The summed E-state index contributed by atoms with van der Waals surface area (Å²) in [5.41, 5.74) is -3.71. The zero-order chi connectivity index (χ0) is 22.7. The molecular weight excluding hydrogens is 424 g/mol. The van der Waals surface area contributed by atoms with Gasteiger partial charge in [-0.1, -0.05) is 43.5 Å². The van der Waals surface area contributed by atoms with Gasteiger partial charge in [0, 0.05) is 22.9 Å². The molecule has 8 heteroatoms. The number of halogens is 4. The van der Waals surface area contributed by atoms with Gasteiger partial charge in [0.05, 0.1) is 18.3 Å². The molecule has 1 atom stereocenters. The van der Waals surface area contributed by atoms with Crippen LogP contribution in [0.4, 0.5) is 17.6 Å². The van der Waals surface area contributed by atoms with Crippen molar-refractivity contribution in [2.75, 3.05) is 6.61 Å². The highest BCUT2D eigenvalue weighted by Gasteiger charge is 2.61. The summed E-state index contributed by atoms with van der Waals surface area (Å²) in [4.78, 5) is 0. The summed E-state index contributed by atoms with van der Waals surface area (Å²) in [7, 11) is 0. The lowest BCUT2D eigenvalue weighted by Crippen LogP contribution is -2.41. The van der Waals surface area contributed by atoms with Crippen LogP contribution in [0.1, 0.15) is 43.2 Å². The highest BCUT2D eigenvalue weighted by molar-refractivity contribution is 5.92. The van der Waals surface area contributed by atoms with Crippen LogP contribution in [0.2, 0.25) is 0 Å². The molecule has 0 unspecified atom stereocenters. The van der Waals surface area contributed by atoms with Crippen molar-refractivity contribution in [1.82, 2.24) is 9.78 Å². The molecule has 1 aromatic heterocycles. The van der Waals surface area contributed by atoms with Gasteiger partial charge in [0.15, 0.2) is 0 Å². The molecule has 2 aromatic carbocycles. The van der Waals surface area contributed by atoms with E-state index in [2.05, 4.69) is 5.10 Å². The fourth-order valence-electron chi connectivity index (χ4n) is 5.27. The molecule has 0 spiro atoms. The molecule has 0 radical (unpaired) electrons. The summed E-state index contributed by atoms with van der Waals surface area (Å²) in [5.74, 6) is -0.878. The molecular formula is C24H22F4N2O2. The number of hydrogen-bond donors (Lipinski definition) is 2. The molecule has 168 valence electrons. The van der Waals surface area contributed by atoms with Crippen LogP contribution >= 0.6 is 0 Å². The van der Waals surface area contributed by atoms with Crippen LogP contribution in [0.25, 0.3) is 22.3 Å². The van der Waals surface area contributed by atoms with E-state index in [1.165, 1.54) is 30.5 Å². The number of rotatable bonds is 3. The first-order valence-electron chi connectivity index (χ1n) is 10.6. The minimum absolute atomic E-state index is 0.105. The van der Waals surface area contributed by atoms with Crippen molar-refractivity contribution in [1.29, 1.82) is 0 Å². The summed E-state index contributed by atoms with van der Waals surface area (Å²) in [6.45, 7) is -0.105. The lowest BCUT2D eigenvalue weighted by molar-refractivity contribution is -0.246. The molecule has 2 aliphatic carbocycles. The van der Waals surface area contributed by atoms with Gasteiger partial charge in [0.1, 0.15) is 5.82 Å². The molecule has 4 nitrogen and oxygen atoms in total. The van der Waals surface area contributed by atoms with Crippen molar-refractivity contribution in [3.05, 3.63) is 65.7 Å². The summed E-state index contributed by atoms with van der Waals surface area (Å²) >= 11 is 0. The summed E-state index contributed by atoms with van der Waals surface area (Å²) in [5, 5.41) is 25.4. The molecule has 32 heavy (non-hydrogen) atoms. The molecule has 2 N–H and O–H groups in total. The Balaban J connectivity index is 1.72. The van der Waals surface area contributed by atoms with Crippen molar-refractivity contribution >= 4 is 0 Å². The third-order valence-electron chi connectivity index (χ3n) is 6.95. The largest absolute Gasteiger partial charge is 0.425 e. The molecule has 1 saturated carbocycles. The average Bonchev–Trinajstić information content (AvgIpc) is 3.37. The first-order chi connectivity index (χ1) is 15.2. The Hall–Kier alpha value is -2.71. The maximum absolute atomic E-state index is 14.6. The van der Waals surface area contributed by atoms with Gasteiger partial charge in [-0.05, 0) is 41.7 Å². The number of fused-ring (bicyclic) bond motifs is 3. The van der Waals surface area contributed by atoms with Crippen molar-refractivity contribution in [2.45, 2.75) is 49.4 Å². The highest BCUT2D eigenvalue weighted by Crippen LogP contribution is 2.57. The van der Waals surface area contributed by atoms with E-state index in [1.807, 2.05) is 0 Å². The zero-order valence-electron chi connectivity index (χ0n) is 17.2. The van der Waals surface area contributed by atoms with Crippen LogP contribution in [0.5, 0.6) is 0 Å². The van der Waals surface area contributed by atoms with Crippen LogP contribution in [-0.2, 0) is 11.1 Å². The van der Waals surface area contributed by atoms with E-state index in [9.17, 15) is 27.8 Å². The minimum atomic E-state index is -5.04. The Bertz CT molecular complexity index is 1180. The maximum Gasteiger partial charge on any atom is 0.425 e. The van der Waals surface area contributed by atoms with E-state index in [4.69, 9.17) is 0 Å². The standard InChI is InChI=1S/C24H22F4N2O2/c25-16-10-18(15-12-29-30(13-15)22(14-31)8-4-1-5-9-22)21-17-6-2-3-7-19(17)23(32,20(21)11-16)24(26,27)28/h2-3,6-7,10-13,31-32H,1,4-5,8-9,14H2/t23-/m1/s1. The van der Waals surface area contributed by atoms with Crippen LogP contribution in [-0.4, -0.2) is 32.8 Å². The van der Waals surface area contributed by atoms with Gasteiger partial charge in [-0.2, -0.15) is 18.3 Å². The summed E-state index contributed by atoms with van der Waals surface area (Å²) in [6.07, 6.45) is 2.53. The third kappa shape index (κ3) is 2.85. The van der Waals surface area contributed by atoms with E-state index in [-0.39, 0.29) is 28.9 Å². The van der Waals surface area contributed by atoms with Gasteiger partial charge in [0.2, 0.25) is 5.60 Å². The van der Waals surface area contributed by atoms with Crippen molar-refractivity contribution in [3.63, 3.8) is 0 Å². The fourth-order valence-corrected chi connectivity index (χ4v) is 5.27. The molecule has 0 bridgehead atoms. The smallest absolute Gasteiger partial charge is 0.394 e. The molecule has 2 aliphatic rings. The Morgan fingerprint density at radius 3 is 2.41 bits per heavy atom. The van der Waals surface area contributed by atoms with Gasteiger partial charge in [0.25, 0.3) is 0 Å².